The van der Waals surface area contributed by atoms with Crippen LogP contribution in [0.4, 0.5) is 0 Å². The normalized spacial score (nSPS) is 25.2. The number of cyclic esters (lactones) is 2. The number of aliphatic hydroxyl groups is 1. The van der Waals surface area contributed by atoms with Gasteiger partial charge in [-0.3, -0.25) is 9.59 Å². The lowest BCUT2D eigenvalue weighted by Gasteiger charge is -2.18. The van der Waals surface area contributed by atoms with Crippen LogP contribution in [0.5, 0.6) is 0 Å². The largest absolute Gasteiger partial charge is 0.462 e. The van der Waals surface area contributed by atoms with E-state index in [4.69, 9.17) is 9.84 Å². The number of aliphatic hydroxyl groups excluding tert-OH is 1. The lowest BCUT2D eigenvalue weighted by Crippen LogP contribution is -2.31. The van der Waals surface area contributed by atoms with Crippen molar-refractivity contribution in [1.82, 2.24) is 0 Å². The van der Waals surface area contributed by atoms with Crippen molar-refractivity contribution in [2.24, 2.45) is 0 Å². The summed E-state index contributed by atoms with van der Waals surface area (Å²) < 4.78 is 9.38. The molecule has 1 rings (SSSR count). The van der Waals surface area contributed by atoms with Crippen molar-refractivity contribution in [2.75, 3.05) is 13.2 Å². The van der Waals surface area contributed by atoms with Crippen LogP contribution in [0.15, 0.2) is 0 Å². The van der Waals surface area contributed by atoms with Crippen molar-refractivity contribution in [3.8, 4) is 0 Å². The van der Waals surface area contributed by atoms with Crippen LogP contribution in [0, 0.1) is 0 Å². The van der Waals surface area contributed by atoms with Gasteiger partial charge in [0.15, 0.2) is 6.10 Å². The van der Waals surface area contributed by atoms with Crippen LogP contribution >= 0.6 is 0 Å². The molecule has 1 saturated heterocycles. The van der Waals surface area contributed by atoms with E-state index in [0.717, 1.165) is 0 Å². The molecule has 0 bridgehead atoms. The number of esters is 2. The summed E-state index contributed by atoms with van der Waals surface area (Å²) in [6.07, 6.45) is -0.631. The van der Waals surface area contributed by atoms with Gasteiger partial charge in [0, 0.05) is 0 Å². The van der Waals surface area contributed by atoms with Gasteiger partial charge in [0.1, 0.15) is 6.61 Å². The Morgan fingerprint density at radius 2 is 2.00 bits per heavy atom. The number of carbonyl (C=O) groups excluding carboxylic acids is 2. The fourth-order valence-electron chi connectivity index (χ4n) is 0.831. The first-order chi connectivity index (χ1) is 5.72. The number of hydrogen-bond acceptors (Lipinski definition) is 5. The Morgan fingerprint density at radius 1 is 1.33 bits per heavy atom. The first kappa shape index (κ1) is 8.99. The Morgan fingerprint density at radius 3 is 2.67 bits per heavy atom. The van der Waals surface area contributed by atoms with Gasteiger partial charge in [-0.05, 0) is 0 Å². The van der Waals surface area contributed by atoms with E-state index in [1.54, 1.807) is 0 Å². The second kappa shape index (κ2) is 4.06. The molecule has 0 spiro atoms. The fourth-order valence-corrected chi connectivity index (χ4v) is 0.831. The van der Waals surface area contributed by atoms with Crippen molar-refractivity contribution >= 4 is 11.9 Å². The summed E-state index contributed by atoms with van der Waals surface area (Å²) in [5.74, 6) is -0.893. The Kier molecular flexibility index (Phi) is 3.04. The lowest BCUT2D eigenvalue weighted by atomic mass is 10.3. The molecule has 0 amide bonds. The van der Waals surface area contributed by atoms with Crippen LogP contribution in [0.1, 0.15) is 12.8 Å². The molecular weight excluding hydrogens is 164 g/mol. The average molecular weight is 174 g/mol. The maximum absolute atomic E-state index is 10.8. The van der Waals surface area contributed by atoms with Crippen molar-refractivity contribution in [3.63, 3.8) is 0 Å². The molecule has 0 radical (unpaired) electrons. The SMILES string of the molecule is O=C1CCC(=O)OC(CO)CO1. The third kappa shape index (κ3) is 2.50. The highest BCUT2D eigenvalue weighted by atomic mass is 16.6. The van der Waals surface area contributed by atoms with Gasteiger partial charge in [-0.25, -0.2) is 0 Å². The number of rotatable bonds is 1. The predicted octanol–water partition coefficient (Wildman–Crippen LogP) is -0.773. The number of ether oxygens (including phenoxy) is 2. The third-order valence-electron chi connectivity index (χ3n) is 1.47. The van der Waals surface area contributed by atoms with Gasteiger partial charge in [0.25, 0.3) is 0 Å². The van der Waals surface area contributed by atoms with E-state index in [1.807, 2.05) is 0 Å². The van der Waals surface area contributed by atoms with Crippen molar-refractivity contribution < 1.29 is 24.2 Å². The van der Waals surface area contributed by atoms with Gasteiger partial charge in [-0.1, -0.05) is 0 Å². The first-order valence-corrected chi connectivity index (χ1v) is 3.68. The molecule has 0 aliphatic carbocycles. The van der Waals surface area contributed by atoms with E-state index in [-0.39, 0.29) is 26.1 Å². The molecule has 0 saturated carbocycles. The smallest absolute Gasteiger partial charge is 0.306 e. The standard InChI is InChI=1S/C7H10O5/c8-3-5-4-11-6(9)1-2-7(10)12-5/h5,8H,1-4H2. The maximum Gasteiger partial charge on any atom is 0.306 e. The van der Waals surface area contributed by atoms with Crippen molar-refractivity contribution in [1.29, 1.82) is 0 Å². The second-order valence-electron chi connectivity index (χ2n) is 2.48. The number of carbonyl (C=O) groups is 2. The van der Waals surface area contributed by atoms with Crippen LogP contribution in [0.2, 0.25) is 0 Å². The summed E-state index contributed by atoms with van der Waals surface area (Å²) in [5, 5.41) is 8.64. The zero-order valence-corrected chi connectivity index (χ0v) is 6.49. The summed E-state index contributed by atoms with van der Waals surface area (Å²) in [6.45, 7) is -0.375. The Balaban J connectivity index is 2.48. The Labute approximate surface area is 69.3 Å². The van der Waals surface area contributed by atoms with Crippen LogP contribution in [0.3, 0.4) is 0 Å². The van der Waals surface area contributed by atoms with Gasteiger partial charge in [-0.15, -0.1) is 0 Å². The molecule has 1 heterocycles. The zero-order valence-electron chi connectivity index (χ0n) is 6.49. The summed E-state index contributed by atoms with van der Waals surface area (Å²) >= 11 is 0. The fraction of sp³-hybridized carbons (Fsp3) is 0.714. The highest BCUT2D eigenvalue weighted by Gasteiger charge is 2.20. The first-order valence-electron chi connectivity index (χ1n) is 3.68. The molecule has 68 valence electrons. The third-order valence-corrected chi connectivity index (χ3v) is 1.47. The molecule has 1 aliphatic rings. The molecule has 5 nitrogen and oxygen atoms in total. The topological polar surface area (TPSA) is 72.8 Å². The van der Waals surface area contributed by atoms with E-state index in [2.05, 4.69) is 4.74 Å². The van der Waals surface area contributed by atoms with Crippen LogP contribution in [0.25, 0.3) is 0 Å². The van der Waals surface area contributed by atoms with Crippen LogP contribution in [-0.2, 0) is 19.1 Å². The number of hydrogen-bond donors (Lipinski definition) is 1. The molecule has 0 aromatic heterocycles. The predicted molar refractivity (Wildman–Crippen MR) is 37.2 cm³/mol. The molecular formula is C7H10O5. The zero-order chi connectivity index (χ0) is 8.97. The van der Waals surface area contributed by atoms with Gasteiger partial charge in [0.05, 0.1) is 19.4 Å². The van der Waals surface area contributed by atoms with E-state index >= 15 is 0 Å². The molecule has 1 unspecified atom stereocenters. The van der Waals surface area contributed by atoms with Gasteiger partial charge in [-0.2, -0.15) is 0 Å². The summed E-state index contributed by atoms with van der Waals surface area (Å²) in [5.41, 5.74) is 0. The van der Waals surface area contributed by atoms with Crippen LogP contribution < -0.4 is 0 Å². The minimum atomic E-state index is -0.707. The molecule has 5 heteroatoms. The van der Waals surface area contributed by atoms with E-state index in [1.165, 1.54) is 0 Å². The maximum atomic E-state index is 10.8. The van der Waals surface area contributed by atoms with E-state index in [0.29, 0.717) is 0 Å². The minimum absolute atomic E-state index is 0.0231. The second-order valence-corrected chi connectivity index (χ2v) is 2.48. The Bertz CT molecular complexity index is 188. The molecule has 1 N–H and O–H groups in total. The monoisotopic (exact) mass is 174 g/mol. The summed E-state index contributed by atoms with van der Waals surface area (Å²) in [7, 11) is 0. The highest BCUT2D eigenvalue weighted by Crippen LogP contribution is 2.04. The molecule has 1 aliphatic heterocycles. The van der Waals surface area contributed by atoms with Crippen LogP contribution in [-0.4, -0.2) is 36.4 Å². The molecule has 1 fully saturated rings. The highest BCUT2D eigenvalue weighted by molar-refractivity contribution is 5.78. The van der Waals surface area contributed by atoms with Crippen molar-refractivity contribution in [3.05, 3.63) is 0 Å². The van der Waals surface area contributed by atoms with Crippen molar-refractivity contribution in [2.45, 2.75) is 18.9 Å². The molecule has 1 atom stereocenters. The lowest BCUT2D eigenvalue weighted by molar-refractivity contribution is -0.167. The molecule has 0 aromatic rings. The Hall–Kier alpha value is -1.10. The molecule has 0 aromatic carbocycles. The molecule has 12 heavy (non-hydrogen) atoms. The minimum Gasteiger partial charge on any atom is -0.462 e. The van der Waals surface area contributed by atoms with E-state index in [9.17, 15) is 9.59 Å². The quantitative estimate of drug-likeness (QED) is 0.528. The summed E-state index contributed by atoms with van der Waals surface area (Å²) in [4.78, 5) is 21.5. The average Bonchev–Trinajstić information content (AvgIpc) is 2.06. The summed E-state index contributed by atoms with van der Waals surface area (Å²) in [6, 6.07) is 0. The van der Waals surface area contributed by atoms with E-state index < -0.39 is 18.0 Å². The van der Waals surface area contributed by atoms with Gasteiger partial charge >= 0.3 is 11.9 Å². The van der Waals surface area contributed by atoms with Gasteiger partial charge < -0.3 is 14.6 Å². The van der Waals surface area contributed by atoms with Gasteiger partial charge in [0.2, 0.25) is 0 Å².